The Bertz CT molecular complexity index is 316. The van der Waals surface area contributed by atoms with E-state index in [0.717, 1.165) is 6.42 Å². The van der Waals surface area contributed by atoms with Gasteiger partial charge in [0.1, 0.15) is 0 Å². The molecule has 1 N–H and O–H groups in total. The molecule has 0 spiro atoms. The molecule has 0 saturated carbocycles. The van der Waals surface area contributed by atoms with Crippen LogP contribution in [-0.4, -0.2) is 45.8 Å². The lowest BCUT2D eigenvalue weighted by molar-refractivity contribution is -0.143. The Kier molecular flexibility index (Phi) is 6.18. The van der Waals surface area contributed by atoms with E-state index in [1.165, 1.54) is 16.7 Å². The average Bonchev–Trinajstić information content (AvgIpc) is 2.32. The number of carbonyl (C=O) groups is 3. The van der Waals surface area contributed by atoms with Crippen LogP contribution in [0.3, 0.4) is 0 Å². The van der Waals surface area contributed by atoms with Gasteiger partial charge in [0.2, 0.25) is 11.8 Å². The molecule has 1 heterocycles. The number of nitrogens with zero attached hydrogens (tertiary/aromatic N) is 1. The van der Waals surface area contributed by atoms with E-state index in [9.17, 15) is 14.4 Å². The summed E-state index contributed by atoms with van der Waals surface area (Å²) in [4.78, 5) is 35.0. The summed E-state index contributed by atoms with van der Waals surface area (Å²) >= 11 is 1.35. The van der Waals surface area contributed by atoms with E-state index in [1.807, 2.05) is 6.92 Å². The van der Waals surface area contributed by atoms with Crippen LogP contribution in [-0.2, 0) is 14.4 Å². The van der Waals surface area contributed by atoms with Gasteiger partial charge >= 0.3 is 5.97 Å². The SMILES string of the molecule is CCC(CCC(=O)O)CCN1C(=O)CSCC1=O. The number of carboxylic acid groups (broad SMARTS) is 1. The number of rotatable bonds is 7. The molecule has 18 heavy (non-hydrogen) atoms. The minimum Gasteiger partial charge on any atom is -0.481 e. The second-order valence-electron chi connectivity index (χ2n) is 4.43. The van der Waals surface area contributed by atoms with Gasteiger partial charge in [0, 0.05) is 13.0 Å². The molecule has 5 nitrogen and oxygen atoms in total. The Labute approximate surface area is 111 Å². The third kappa shape index (κ3) is 4.68. The van der Waals surface area contributed by atoms with Gasteiger partial charge in [0.25, 0.3) is 0 Å². The Morgan fingerprint density at radius 1 is 1.33 bits per heavy atom. The van der Waals surface area contributed by atoms with Gasteiger partial charge in [-0.2, -0.15) is 0 Å². The minimum absolute atomic E-state index is 0.121. The number of imide groups is 1. The van der Waals surface area contributed by atoms with Crippen molar-refractivity contribution in [3.8, 4) is 0 Å². The number of hydrogen-bond acceptors (Lipinski definition) is 4. The molecule has 0 radical (unpaired) electrons. The predicted octanol–water partition coefficient (Wildman–Crippen LogP) is 1.37. The van der Waals surface area contributed by atoms with Crippen LogP contribution in [0.15, 0.2) is 0 Å². The first kappa shape index (κ1) is 15.0. The molecule has 1 rings (SSSR count). The molecular formula is C12H19NO4S. The summed E-state index contributed by atoms with van der Waals surface area (Å²) in [5, 5.41) is 8.64. The first-order valence-electron chi connectivity index (χ1n) is 6.17. The molecule has 0 aromatic heterocycles. The highest BCUT2D eigenvalue weighted by molar-refractivity contribution is 8.00. The van der Waals surface area contributed by atoms with E-state index >= 15 is 0 Å². The lowest BCUT2D eigenvalue weighted by Gasteiger charge is -2.26. The molecule has 1 aliphatic heterocycles. The fourth-order valence-electron chi connectivity index (χ4n) is 1.96. The summed E-state index contributed by atoms with van der Waals surface area (Å²) in [6, 6.07) is 0. The Hall–Kier alpha value is -1.04. The van der Waals surface area contributed by atoms with Gasteiger partial charge in [0.05, 0.1) is 11.5 Å². The third-order valence-electron chi connectivity index (χ3n) is 3.16. The van der Waals surface area contributed by atoms with Crippen LogP contribution in [0.4, 0.5) is 0 Å². The molecule has 1 fully saturated rings. The van der Waals surface area contributed by atoms with Gasteiger partial charge in [-0.1, -0.05) is 13.3 Å². The maximum atomic E-state index is 11.6. The molecule has 102 valence electrons. The molecule has 0 bridgehead atoms. The van der Waals surface area contributed by atoms with Crippen molar-refractivity contribution in [2.45, 2.75) is 32.6 Å². The summed E-state index contributed by atoms with van der Waals surface area (Å²) in [5.41, 5.74) is 0. The van der Waals surface area contributed by atoms with Crippen LogP contribution in [0.25, 0.3) is 0 Å². The van der Waals surface area contributed by atoms with Crippen molar-refractivity contribution in [2.24, 2.45) is 5.92 Å². The maximum absolute atomic E-state index is 11.6. The second kappa shape index (κ2) is 7.41. The maximum Gasteiger partial charge on any atom is 0.303 e. The highest BCUT2D eigenvalue weighted by Crippen LogP contribution is 2.18. The summed E-state index contributed by atoms with van der Waals surface area (Å²) in [6.07, 6.45) is 2.33. The third-order valence-corrected chi connectivity index (χ3v) is 4.06. The number of hydrogen-bond donors (Lipinski definition) is 1. The van der Waals surface area contributed by atoms with Crippen molar-refractivity contribution in [3.05, 3.63) is 0 Å². The monoisotopic (exact) mass is 273 g/mol. The normalized spacial score (nSPS) is 17.9. The fourth-order valence-corrected chi connectivity index (χ4v) is 2.72. The first-order chi connectivity index (χ1) is 8.54. The zero-order chi connectivity index (χ0) is 13.5. The van der Waals surface area contributed by atoms with Gasteiger partial charge in [-0.3, -0.25) is 19.3 Å². The first-order valence-corrected chi connectivity index (χ1v) is 7.32. The zero-order valence-electron chi connectivity index (χ0n) is 10.6. The topological polar surface area (TPSA) is 74.7 Å². The lowest BCUT2D eigenvalue weighted by atomic mass is 9.96. The van der Waals surface area contributed by atoms with Gasteiger partial charge in [0.15, 0.2) is 0 Å². The van der Waals surface area contributed by atoms with Crippen molar-refractivity contribution < 1.29 is 19.5 Å². The van der Waals surface area contributed by atoms with Gasteiger partial charge in [-0.15, -0.1) is 11.8 Å². The summed E-state index contributed by atoms with van der Waals surface area (Å²) in [7, 11) is 0. The zero-order valence-corrected chi connectivity index (χ0v) is 11.4. The van der Waals surface area contributed by atoms with Crippen LogP contribution in [0, 0.1) is 5.92 Å². The number of carbonyl (C=O) groups excluding carboxylic acids is 2. The standard InChI is InChI=1S/C12H19NO4S/c1-2-9(3-4-12(16)17)5-6-13-10(14)7-18-8-11(13)15/h9H,2-8H2,1H3,(H,16,17). The Morgan fingerprint density at radius 3 is 2.44 bits per heavy atom. The van der Waals surface area contributed by atoms with Gasteiger partial charge in [-0.05, 0) is 18.8 Å². The molecular weight excluding hydrogens is 254 g/mol. The Balaban J connectivity index is 2.38. The highest BCUT2D eigenvalue weighted by Gasteiger charge is 2.26. The van der Waals surface area contributed by atoms with Crippen molar-refractivity contribution in [2.75, 3.05) is 18.1 Å². The second-order valence-corrected chi connectivity index (χ2v) is 5.41. The number of amides is 2. The van der Waals surface area contributed by atoms with E-state index < -0.39 is 5.97 Å². The van der Waals surface area contributed by atoms with E-state index in [0.29, 0.717) is 30.9 Å². The molecule has 1 saturated heterocycles. The van der Waals surface area contributed by atoms with Crippen molar-refractivity contribution in [1.29, 1.82) is 0 Å². The molecule has 6 heteroatoms. The predicted molar refractivity (Wildman–Crippen MR) is 69.3 cm³/mol. The number of thioether (sulfide) groups is 1. The van der Waals surface area contributed by atoms with E-state index in [4.69, 9.17) is 5.11 Å². The molecule has 1 atom stereocenters. The molecule has 0 aromatic carbocycles. The number of carboxylic acids is 1. The molecule has 1 aliphatic rings. The summed E-state index contributed by atoms with van der Waals surface area (Å²) < 4.78 is 0. The average molecular weight is 273 g/mol. The molecule has 2 amide bonds. The van der Waals surface area contributed by atoms with Crippen LogP contribution in [0.5, 0.6) is 0 Å². The van der Waals surface area contributed by atoms with Crippen LogP contribution in [0.1, 0.15) is 32.6 Å². The minimum atomic E-state index is -0.796. The summed E-state index contributed by atoms with van der Waals surface area (Å²) in [5.74, 6) is -0.0325. The number of aliphatic carboxylic acids is 1. The highest BCUT2D eigenvalue weighted by atomic mass is 32.2. The summed E-state index contributed by atoms with van der Waals surface area (Å²) in [6.45, 7) is 2.43. The molecule has 0 aromatic rings. The van der Waals surface area contributed by atoms with Crippen LogP contribution in [0.2, 0.25) is 0 Å². The van der Waals surface area contributed by atoms with Gasteiger partial charge < -0.3 is 5.11 Å². The largest absolute Gasteiger partial charge is 0.481 e. The van der Waals surface area contributed by atoms with E-state index in [2.05, 4.69) is 0 Å². The fraction of sp³-hybridized carbons (Fsp3) is 0.750. The molecule has 1 unspecified atom stereocenters. The van der Waals surface area contributed by atoms with E-state index in [-0.39, 0.29) is 24.2 Å². The van der Waals surface area contributed by atoms with Crippen molar-refractivity contribution in [3.63, 3.8) is 0 Å². The lowest BCUT2D eigenvalue weighted by Crippen LogP contribution is -2.43. The van der Waals surface area contributed by atoms with Crippen LogP contribution < -0.4 is 0 Å². The van der Waals surface area contributed by atoms with Crippen molar-refractivity contribution >= 4 is 29.5 Å². The quantitative estimate of drug-likeness (QED) is 0.709. The van der Waals surface area contributed by atoms with E-state index in [1.54, 1.807) is 0 Å². The smallest absolute Gasteiger partial charge is 0.303 e. The Morgan fingerprint density at radius 2 is 1.94 bits per heavy atom. The molecule has 0 aliphatic carbocycles. The van der Waals surface area contributed by atoms with Gasteiger partial charge in [-0.25, -0.2) is 0 Å². The van der Waals surface area contributed by atoms with Crippen molar-refractivity contribution in [1.82, 2.24) is 4.90 Å². The van der Waals surface area contributed by atoms with Crippen LogP contribution >= 0.6 is 11.8 Å².